The molecule has 0 N–H and O–H groups in total. The van der Waals surface area contributed by atoms with Gasteiger partial charge in [-0.3, -0.25) is 0 Å². The van der Waals surface area contributed by atoms with E-state index in [9.17, 15) is 43.9 Å². The molecule has 0 aliphatic carbocycles. The van der Waals surface area contributed by atoms with Gasteiger partial charge >= 0.3 is 18.0 Å². The highest BCUT2D eigenvalue weighted by atomic mass is 32.2. The van der Waals surface area contributed by atoms with E-state index in [2.05, 4.69) is 10.1 Å². The van der Waals surface area contributed by atoms with Crippen LogP contribution >= 0.6 is 0 Å². The number of halogens is 7. The molecule has 0 amide bonds. The summed E-state index contributed by atoms with van der Waals surface area (Å²) in [7, 11) is -4.26. The van der Waals surface area contributed by atoms with Crippen LogP contribution in [0.2, 0.25) is 0 Å². The summed E-state index contributed by atoms with van der Waals surface area (Å²) in [6.07, 6.45) is -8.12. The minimum atomic E-state index is -4.99. The first-order chi connectivity index (χ1) is 16.6. The van der Waals surface area contributed by atoms with Gasteiger partial charge in [-0.05, 0) is 35.9 Å². The molecule has 0 saturated carbocycles. The van der Waals surface area contributed by atoms with Crippen LogP contribution < -0.4 is 5.69 Å². The number of hydrogen-bond acceptors (Lipinski definition) is 5. The van der Waals surface area contributed by atoms with Crippen molar-refractivity contribution in [3.05, 3.63) is 76.2 Å². The lowest BCUT2D eigenvalue weighted by molar-refractivity contribution is -0.138. The van der Waals surface area contributed by atoms with Gasteiger partial charge in [-0.2, -0.15) is 31.0 Å². The summed E-state index contributed by atoms with van der Waals surface area (Å²) in [6.45, 7) is 1.23. The van der Waals surface area contributed by atoms with E-state index in [0.717, 1.165) is 35.0 Å². The van der Waals surface area contributed by atoms with E-state index in [1.165, 1.54) is 6.92 Å². The number of nitrogens with zero attached hydrogens (tertiary/aromatic N) is 4. The Bertz CT molecular complexity index is 1660. The smallest absolute Gasteiger partial charge is 0.250 e. The number of alkyl halides is 6. The molecule has 3 heterocycles. The summed E-state index contributed by atoms with van der Waals surface area (Å²) in [5, 5.41) is 3.75. The van der Waals surface area contributed by atoms with Gasteiger partial charge in [0.2, 0.25) is 0 Å². The normalized spacial score (nSPS) is 12.9. The number of hydrogen-bond donors (Lipinski definition) is 0. The van der Waals surface area contributed by atoms with Crippen molar-refractivity contribution in [2.45, 2.75) is 24.2 Å². The molecule has 4 rings (SSSR count). The standard InChI is InChI=1S/C21H13F7N4O3S/c1-2-36(34,35)16-7-11(14-4-3-13(22)9-15(14)21(26,27)28)10-29-18(16)32-19(33)31-6-5-12(20(23,24)25)8-17(31)30-32/h3-10H,2H2,1H3. The Hall–Kier alpha value is -3.75. The summed E-state index contributed by atoms with van der Waals surface area (Å²) in [4.78, 5) is 15.9. The van der Waals surface area contributed by atoms with Crippen LogP contribution in [-0.4, -0.2) is 33.3 Å². The molecule has 0 spiro atoms. The Morgan fingerprint density at radius 3 is 2.28 bits per heavy atom. The van der Waals surface area contributed by atoms with Crippen molar-refractivity contribution in [1.29, 1.82) is 0 Å². The maximum absolute atomic E-state index is 13.5. The summed E-state index contributed by atoms with van der Waals surface area (Å²) < 4.78 is 120. The Labute approximate surface area is 197 Å². The highest BCUT2D eigenvalue weighted by Gasteiger charge is 2.35. The number of pyridine rings is 2. The molecule has 0 unspecified atom stereocenters. The van der Waals surface area contributed by atoms with Crippen molar-refractivity contribution in [1.82, 2.24) is 19.2 Å². The molecule has 0 fully saturated rings. The molecule has 0 saturated heterocycles. The van der Waals surface area contributed by atoms with E-state index in [1.807, 2.05) is 0 Å². The highest BCUT2D eigenvalue weighted by molar-refractivity contribution is 7.91. The van der Waals surface area contributed by atoms with Gasteiger partial charge < -0.3 is 0 Å². The lowest BCUT2D eigenvalue weighted by Gasteiger charge is -2.15. The van der Waals surface area contributed by atoms with Gasteiger partial charge in [0.05, 0.1) is 16.9 Å². The third kappa shape index (κ3) is 4.45. The van der Waals surface area contributed by atoms with Gasteiger partial charge in [-0.15, -0.1) is 5.10 Å². The molecule has 7 nitrogen and oxygen atoms in total. The van der Waals surface area contributed by atoms with Crippen LogP contribution in [0, 0.1) is 5.82 Å². The average Bonchev–Trinajstić information content (AvgIpc) is 3.13. The second-order valence-electron chi connectivity index (χ2n) is 7.47. The zero-order valence-electron chi connectivity index (χ0n) is 17.9. The first-order valence-electron chi connectivity index (χ1n) is 9.92. The number of sulfone groups is 1. The minimum absolute atomic E-state index is 0.238. The SMILES string of the molecule is CCS(=O)(=O)c1cc(-c2ccc(F)cc2C(F)(F)F)cnc1-n1nc2cc(C(F)(F)F)ccn2c1=O. The van der Waals surface area contributed by atoms with Gasteiger partial charge in [0.25, 0.3) is 0 Å². The Morgan fingerprint density at radius 2 is 1.67 bits per heavy atom. The van der Waals surface area contributed by atoms with Gasteiger partial charge in [-0.25, -0.2) is 27.0 Å². The molecular weight excluding hydrogens is 521 g/mol. The van der Waals surface area contributed by atoms with E-state index in [4.69, 9.17) is 0 Å². The Balaban J connectivity index is 1.98. The Morgan fingerprint density at radius 1 is 0.972 bits per heavy atom. The Kier molecular flexibility index (Phi) is 5.93. The monoisotopic (exact) mass is 534 g/mol. The lowest BCUT2D eigenvalue weighted by Crippen LogP contribution is -2.23. The van der Waals surface area contributed by atoms with E-state index in [-0.39, 0.29) is 11.6 Å². The lowest BCUT2D eigenvalue weighted by atomic mass is 10.0. The third-order valence-corrected chi connectivity index (χ3v) is 6.93. The molecule has 0 radical (unpaired) electrons. The quantitative estimate of drug-likeness (QED) is 0.360. The molecular formula is C21H13F7N4O3S. The fourth-order valence-electron chi connectivity index (χ4n) is 3.42. The number of rotatable bonds is 4. The summed E-state index contributed by atoms with van der Waals surface area (Å²) in [6, 6.07) is 3.79. The van der Waals surface area contributed by atoms with Crippen LogP contribution in [0.15, 0.2) is 58.5 Å². The van der Waals surface area contributed by atoms with Gasteiger partial charge in [0.15, 0.2) is 21.3 Å². The fraction of sp³-hybridized carbons (Fsp3) is 0.190. The average molecular weight is 534 g/mol. The molecule has 36 heavy (non-hydrogen) atoms. The van der Waals surface area contributed by atoms with Crippen molar-refractivity contribution in [2.24, 2.45) is 0 Å². The zero-order chi connectivity index (χ0) is 26.6. The largest absolute Gasteiger partial charge is 0.417 e. The van der Waals surface area contributed by atoms with Gasteiger partial charge in [0.1, 0.15) is 10.7 Å². The topological polar surface area (TPSA) is 86.3 Å². The molecule has 0 atom stereocenters. The van der Waals surface area contributed by atoms with Crippen molar-refractivity contribution in [3.63, 3.8) is 0 Å². The van der Waals surface area contributed by atoms with Crippen LogP contribution in [0.25, 0.3) is 22.6 Å². The van der Waals surface area contributed by atoms with Crippen molar-refractivity contribution >= 4 is 15.5 Å². The maximum Gasteiger partial charge on any atom is 0.417 e. The van der Waals surface area contributed by atoms with E-state index in [0.29, 0.717) is 16.8 Å². The second-order valence-corrected chi connectivity index (χ2v) is 9.72. The second kappa shape index (κ2) is 8.43. The number of benzene rings is 1. The molecule has 3 aromatic heterocycles. The zero-order valence-corrected chi connectivity index (χ0v) is 18.7. The van der Waals surface area contributed by atoms with Crippen molar-refractivity contribution < 1.29 is 39.2 Å². The van der Waals surface area contributed by atoms with E-state index in [1.54, 1.807) is 0 Å². The number of fused-ring (bicyclic) bond motifs is 1. The first-order valence-corrected chi connectivity index (χ1v) is 11.6. The predicted molar refractivity (Wildman–Crippen MR) is 112 cm³/mol. The molecule has 1 aromatic carbocycles. The summed E-state index contributed by atoms with van der Waals surface area (Å²) >= 11 is 0. The predicted octanol–water partition coefficient (Wildman–Crippen LogP) is 4.52. The third-order valence-electron chi connectivity index (χ3n) is 5.20. The van der Waals surface area contributed by atoms with Gasteiger partial charge in [-0.1, -0.05) is 13.0 Å². The summed E-state index contributed by atoms with van der Waals surface area (Å²) in [5.41, 5.74) is -4.97. The number of aromatic nitrogens is 4. The molecule has 15 heteroatoms. The highest BCUT2D eigenvalue weighted by Crippen LogP contribution is 2.38. The van der Waals surface area contributed by atoms with Crippen LogP contribution in [0.5, 0.6) is 0 Å². The summed E-state index contributed by atoms with van der Waals surface area (Å²) in [5.74, 6) is -2.36. The van der Waals surface area contributed by atoms with Crippen LogP contribution in [0.4, 0.5) is 30.7 Å². The molecule has 0 aliphatic heterocycles. The maximum atomic E-state index is 13.5. The molecule has 190 valence electrons. The van der Waals surface area contributed by atoms with Crippen molar-refractivity contribution in [2.75, 3.05) is 5.75 Å². The van der Waals surface area contributed by atoms with Gasteiger partial charge in [0, 0.05) is 18.0 Å². The molecule has 4 aromatic rings. The van der Waals surface area contributed by atoms with Crippen LogP contribution in [0.1, 0.15) is 18.1 Å². The first kappa shape index (κ1) is 25.3. The van der Waals surface area contributed by atoms with Crippen LogP contribution in [0.3, 0.4) is 0 Å². The van der Waals surface area contributed by atoms with Crippen LogP contribution in [-0.2, 0) is 22.2 Å². The fourth-order valence-corrected chi connectivity index (χ4v) is 4.45. The minimum Gasteiger partial charge on any atom is -0.250 e. The van der Waals surface area contributed by atoms with Crippen molar-refractivity contribution in [3.8, 4) is 16.9 Å². The van der Waals surface area contributed by atoms with E-state index < -0.39 is 72.5 Å². The molecule has 0 aliphatic rings. The van der Waals surface area contributed by atoms with E-state index >= 15 is 0 Å². The molecule has 0 bridgehead atoms.